The van der Waals surface area contributed by atoms with E-state index in [1.165, 1.54) is 5.69 Å². The van der Waals surface area contributed by atoms with E-state index in [4.69, 9.17) is 15.5 Å². The first kappa shape index (κ1) is 13.2. The number of benzene rings is 1. The number of hydrogen-bond acceptors (Lipinski definition) is 4. The van der Waals surface area contributed by atoms with Crippen LogP contribution >= 0.6 is 0 Å². The molecule has 1 aromatic carbocycles. The average molecular weight is 250 g/mol. The molecule has 0 amide bonds. The molecule has 1 atom stereocenters. The number of anilines is 1. The second-order valence-electron chi connectivity index (χ2n) is 5.01. The fraction of sp³-hybridized carbons (Fsp3) is 0.571. The largest absolute Gasteiger partial charge is 0.491 e. The summed E-state index contributed by atoms with van der Waals surface area (Å²) in [6.45, 7) is 5.98. The Hall–Kier alpha value is -1.26. The van der Waals surface area contributed by atoms with Gasteiger partial charge in [0.25, 0.3) is 0 Å². The first-order chi connectivity index (χ1) is 8.69. The summed E-state index contributed by atoms with van der Waals surface area (Å²) in [5.74, 6) is 6.19. The van der Waals surface area contributed by atoms with Crippen LogP contribution < -0.4 is 15.5 Å². The van der Waals surface area contributed by atoms with Gasteiger partial charge in [-0.3, -0.25) is 4.84 Å². The van der Waals surface area contributed by atoms with Crippen molar-refractivity contribution in [3.05, 3.63) is 24.3 Å². The summed E-state index contributed by atoms with van der Waals surface area (Å²) in [4.78, 5) is 7.26. The molecule has 2 rings (SSSR count). The molecule has 1 heterocycles. The number of rotatable bonds is 4. The van der Waals surface area contributed by atoms with E-state index in [0.717, 1.165) is 31.7 Å². The Balaban J connectivity index is 2.00. The van der Waals surface area contributed by atoms with Gasteiger partial charge in [0.1, 0.15) is 5.75 Å². The van der Waals surface area contributed by atoms with Crippen LogP contribution in [0.1, 0.15) is 26.7 Å². The predicted octanol–water partition coefficient (Wildman–Crippen LogP) is 2.33. The zero-order valence-corrected chi connectivity index (χ0v) is 11.1. The second kappa shape index (κ2) is 6.07. The van der Waals surface area contributed by atoms with Crippen molar-refractivity contribution in [2.75, 3.05) is 18.0 Å². The van der Waals surface area contributed by atoms with Gasteiger partial charge < -0.3 is 9.64 Å². The van der Waals surface area contributed by atoms with E-state index < -0.39 is 0 Å². The van der Waals surface area contributed by atoms with Gasteiger partial charge in [0.05, 0.1) is 12.2 Å². The zero-order valence-electron chi connectivity index (χ0n) is 11.1. The number of piperidine rings is 1. The molecular weight excluding hydrogens is 228 g/mol. The topological polar surface area (TPSA) is 47.7 Å². The van der Waals surface area contributed by atoms with Crippen LogP contribution in [0.3, 0.4) is 0 Å². The van der Waals surface area contributed by atoms with Gasteiger partial charge in [-0.05, 0) is 51.0 Å². The van der Waals surface area contributed by atoms with E-state index >= 15 is 0 Å². The molecule has 1 aromatic rings. The van der Waals surface area contributed by atoms with Crippen molar-refractivity contribution in [1.82, 2.24) is 0 Å². The molecule has 1 fully saturated rings. The Bertz CT molecular complexity index is 365. The first-order valence-electron chi connectivity index (χ1n) is 6.56. The molecule has 0 radical (unpaired) electrons. The molecule has 1 saturated heterocycles. The Morgan fingerprint density at radius 3 is 2.61 bits per heavy atom. The molecule has 100 valence electrons. The highest BCUT2D eigenvalue weighted by molar-refractivity contribution is 5.49. The summed E-state index contributed by atoms with van der Waals surface area (Å²) in [7, 11) is 0. The molecular formula is C14H22N2O2. The maximum absolute atomic E-state index is 5.64. The highest BCUT2D eigenvalue weighted by atomic mass is 16.6. The van der Waals surface area contributed by atoms with Gasteiger partial charge in [0.15, 0.2) is 0 Å². The van der Waals surface area contributed by atoms with E-state index in [1.807, 2.05) is 26.0 Å². The lowest BCUT2D eigenvalue weighted by Gasteiger charge is -2.33. The fourth-order valence-electron chi connectivity index (χ4n) is 2.29. The SMILES string of the molecule is CC(C)Oc1ccc(N2CCCC(ON)C2)cc1. The third kappa shape index (κ3) is 3.37. The van der Waals surface area contributed by atoms with Crippen molar-refractivity contribution in [2.45, 2.75) is 38.9 Å². The van der Waals surface area contributed by atoms with Crippen LogP contribution in [0.4, 0.5) is 5.69 Å². The van der Waals surface area contributed by atoms with Gasteiger partial charge >= 0.3 is 0 Å². The molecule has 2 N–H and O–H groups in total. The molecule has 18 heavy (non-hydrogen) atoms. The van der Waals surface area contributed by atoms with Gasteiger partial charge in [-0.1, -0.05) is 0 Å². The van der Waals surface area contributed by atoms with Gasteiger partial charge in [0.2, 0.25) is 0 Å². The molecule has 1 aliphatic rings. The van der Waals surface area contributed by atoms with Crippen molar-refractivity contribution >= 4 is 5.69 Å². The van der Waals surface area contributed by atoms with Crippen LogP contribution in [0.2, 0.25) is 0 Å². The van der Waals surface area contributed by atoms with E-state index in [-0.39, 0.29) is 12.2 Å². The van der Waals surface area contributed by atoms with Crippen LogP contribution in [0, 0.1) is 0 Å². The molecule has 0 bridgehead atoms. The summed E-state index contributed by atoms with van der Waals surface area (Å²) in [5.41, 5.74) is 1.20. The summed E-state index contributed by atoms with van der Waals surface area (Å²) in [6.07, 6.45) is 2.51. The van der Waals surface area contributed by atoms with Crippen LogP contribution in [0.15, 0.2) is 24.3 Å². The third-order valence-electron chi connectivity index (χ3n) is 3.14. The van der Waals surface area contributed by atoms with Gasteiger partial charge in [-0.25, -0.2) is 5.90 Å². The van der Waals surface area contributed by atoms with Crippen molar-refractivity contribution in [3.63, 3.8) is 0 Å². The summed E-state index contributed by atoms with van der Waals surface area (Å²) >= 11 is 0. The number of hydrogen-bond donors (Lipinski definition) is 1. The Kier molecular flexibility index (Phi) is 4.44. The quantitative estimate of drug-likeness (QED) is 0.833. The van der Waals surface area contributed by atoms with Gasteiger partial charge in [-0.2, -0.15) is 0 Å². The molecule has 0 aliphatic carbocycles. The number of nitrogens with zero attached hydrogens (tertiary/aromatic N) is 1. The minimum Gasteiger partial charge on any atom is -0.491 e. The molecule has 4 nitrogen and oxygen atoms in total. The maximum Gasteiger partial charge on any atom is 0.119 e. The standard InChI is InChI=1S/C14H22N2O2/c1-11(2)17-13-7-5-12(6-8-13)16-9-3-4-14(10-16)18-15/h5-8,11,14H,3-4,9-10,15H2,1-2H3. The smallest absolute Gasteiger partial charge is 0.119 e. The monoisotopic (exact) mass is 250 g/mol. The minimum absolute atomic E-state index is 0.144. The van der Waals surface area contributed by atoms with Crippen molar-refractivity contribution < 1.29 is 9.57 Å². The van der Waals surface area contributed by atoms with E-state index in [2.05, 4.69) is 17.0 Å². The lowest BCUT2D eigenvalue weighted by Crippen LogP contribution is -2.40. The van der Waals surface area contributed by atoms with Crippen LogP contribution in [-0.4, -0.2) is 25.3 Å². The molecule has 1 unspecified atom stereocenters. The lowest BCUT2D eigenvalue weighted by molar-refractivity contribution is 0.0435. The first-order valence-corrected chi connectivity index (χ1v) is 6.56. The van der Waals surface area contributed by atoms with Crippen LogP contribution in [0.5, 0.6) is 5.75 Å². The summed E-state index contributed by atoms with van der Waals surface area (Å²) < 4.78 is 5.64. The molecule has 1 aliphatic heterocycles. The van der Waals surface area contributed by atoms with E-state index in [1.54, 1.807) is 0 Å². The summed E-state index contributed by atoms with van der Waals surface area (Å²) in [6, 6.07) is 8.22. The Morgan fingerprint density at radius 2 is 2.00 bits per heavy atom. The lowest BCUT2D eigenvalue weighted by atomic mass is 10.1. The predicted molar refractivity (Wildman–Crippen MR) is 72.7 cm³/mol. The zero-order chi connectivity index (χ0) is 13.0. The number of ether oxygens (including phenoxy) is 1. The molecule has 0 aromatic heterocycles. The van der Waals surface area contributed by atoms with E-state index in [9.17, 15) is 0 Å². The normalized spacial score (nSPS) is 20.2. The van der Waals surface area contributed by atoms with Crippen LogP contribution in [0.25, 0.3) is 0 Å². The second-order valence-corrected chi connectivity index (χ2v) is 5.01. The minimum atomic E-state index is 0.144. The fourth-order valence-corrected chi connectivity index (χ4v) is 2.29. The van der Waals surface area contributed by atoms with Crippen molar-refractivity contribution in [1.29, 1.82) is 0 Å². The molecule has 4 heteroatoms. The number of nitrogens with two attached hydrogens (primary N) is 1. The third-order valence-corrected chi connectivity index (χ3v) is 3.14. The van der Waals surface area contributed by atoms with Gasteiger partial charge in [-0.15, -0.1) is 0 Å². The van der Waals surface area contributed by atoms with Crippen LogP contribution in [-0.2, 0) is 4.84 Å². The highest BCUT2D eigenvalue weighted by Crippen LogP contribution is 2.23. The Labute approximate surface area is 109 Å². The summed E-state index contributed by atoms with van der Waals surface area (Å²) in [5, 5.41) is 0. The molecule has 0 saturated carbocycles. The van der Waals surface area contributed by atoms with Gasteiger partial charge in [0, 0.05) is 18.8 Å². The van der Waals surface area contributed by atoms with Crippen molar-refractivity contribution in [2.24, 2.45) is 5.90 Å². The average Bonchev–Trinajstić information content (AvgIpc) is 2.39. The maximum atomic E-state index is 5.64. The highest BCUT2D eigenvalue weighted by Gasteiger charge is 2.20. The van der Waals surface area contributed by atoms with E-state index in [0.29, 0.717) is 0 Å². The molecule has 0 spiro atoms. The Morgan fingerprint density at radius 1 is 1.28 bits per heavy atom. The van der Waals surface area contributed by atoms with Crippen molar-refractivity contribution in [3.8, 4) is 5.75 Å².